The lowest BCUT2D eigenvalue weighted by Crippen LogP contribution is -2.41. The van der Waals surface area contributed by atoms with Crippen LogP contribution in [-0.2, 0) is 4.79 Å². The molecule has 0 aliphatic heterocycles. The molecule has 1 unspecified atom stereocenters. The summed E-state index contributed by atoms with van der Waals surface area (Å²) < 4.78 is 11.2. The van der Waals surface area contributed by atoms with E-state index < -0.39 is 6.04 Å². The average molecular weight is 345 g/mol. The van der Waals surface area contributed by atoms with Crippen LogP contribution >= 0.6 is 12.4 Å². The van der Waals surface area contributed by atoms with Crippen LogP contribution in [0.25, 0.3) is 0 Å². The predicted octanol–water partition coefficient (Wildman–Crippen LogP) is 3.07. The molecular weight excluding hydrogens is 316 g/mol. The number of rotatable bonds is 8. The fraction of sp³-hybridized carbons (Fsp3) is 0.588. The Hall–Kier alpha value is -1.46. The molecule has 0 spiro atoms. The fourth-order valence-corrected chi connectivity index (χ4v) is 2.18. The quantitative estimate of drug-likeness (QED) is 0.760. The van der Waals surface area contributed by atoms with Crippen molar-refractivity contribution in [1.82, 2.24) is 5.32 Å². The molecule has 132 valence electrons. The van der Waals surface area contributed by atoms with Crippen molar-refractivity contribution in [1.29, 1.82) is 0 Å². The van der Waals surface area contributed by atoms with Crippen LogP contribution in [0, 0.1) is 5.92 Å². The summed E-state index contributed by atoms with van der Waals surface area (Å²) in [7, 11) is 0. The van der Waals surface area contributed by atoms with E-state index in [2.05, 4.69) is 19.2 Å². The molecule has 23 heavy (non-hydrogen) atoms. The maximum absolute atomic E-state index is 11.9. The summed E-state index contributed by atoms with van der Waals surface area (Å²) in [5, 5.41) is 2.99. The Balaban J connectivity index is 0.00000484. The fourth-order valence-electron chi connectivity index (χ4n) is 2.18. The second-order valence-corrected chi connectivity index (χ2v) is 5.59. The summed E-state index contributed by atoms with van der Waals surface area (Å²) in [5.74, 6) is 1.48. The maximum Gasteiger partial charge on any atom is 0.237 e. The van der Waals surface area contributed by atoms with E-state index in [0.29, 0.717) is 24.7 Å². The highest BCUT2D eigenvalue weighted by molar-refractivity contribution is 5.85. The molecule has 0 bridgehead atoms. The number of nitrogens with two attached hydrogens (primary N) is 1. The van der Waals surface area contributed by atoms with Crippen LogP contribution in [0.4, 0.5) is 0 Å². The summed E-state index contributed by atoms with van der Waals surface area (Å²) in [5.41, 5.74) is 6.63. The molecule has 0 aliphatic rings. The first-order valence-electron chi connectivity index (χ1n) is 7.86. The number of carbonyl (C=O) groups excluding carboxylic acids is 1. The monoisotopic (exact) mass is 344 g/mol. The SMILES string of the molecule is CCOc1ccc(C(NC(=O)[C@H](C)N)C(C)C)cc1OCC.Cl. The Kier molecular flexibility index (Phi) is 9.68. The van der Waals surface area contributed by atoms with Gasteiger partial charge in [-0.2, -0.15) is 0 Å². The van der Waals surface area contributed by atoms with Gasteiger partial charge in [-0.1, -0.05) is 19.9 Å². The maximum atomic E-state index is 11.9. The third-order valence-electron chi connectivity index (χ3n) is 3.30. The third kappa shape index (κ3) is 6.28. The van der Waals surface area contributed by atoms with Crippen LogP contribution in [0.2, 0.25) is 0 Å². The van der Waals surface area contributed by atoms with Crippen molar-refractivity contribution in [2.45, 2.75) is 46.7 Å². The molecule has 0 heterocycles. The topological polar surface area (TPSA) is 73.6 Å². The van der Waals surface area contributed by atoms with Gasteiger partial charge < -0.3 is 20.5 Å². The third-order valence-corrected chi connectivity index (χ3v) is 3.30. The largest absolute Gasteiger partial charge is 0.490 e. The number of nitrogens with one attached hydrogen (secondary N) is 1. The van der Waals surface area contributed by atoms with E-state index in [9.17, 15) is 4.79 Å². The smallest absolute Gasteiger partial charge is 0.237 e. The molecule has 1 aromatic rings. The van der Waals surface area contributed by atoms with Crippen molar-refractivity contribution in [3.05, 3.63) is 23.8 Å². The Morgan fingerprint density at radius 1 is 1.13 bits per heavy atom. The van der Waals surface area contributed by atoms with Crippen molar-refractivity contribution < 1.29 is 14.3 Å². The highest BCUT2D eigenvalue weighted by atomic mass is 35.5. The number of carbonyl (C=O) groups is 1. The van der Waals surface area contributed by atoms with Crippen molar-refractivity contribution in [2.75, 3.05) is 13.2 Å². The van der Waals surface area contributed by atoms with E-state index >= 15 is 0 Å². The van der Waals surface area contributed by atoms with Gasteiger partial charge in [0.2, 0.25) is 5.91 Å². The van der Waals surface area contributed by atoms with E-state index in [0.717, 1.165) is 5.56 Å². The molecule has 0 radical (unpaired) electrons. The number of amides is 1. The molecular formula is C17H29ClN2O3. The van der Waals surface area contributed by atoms with Gasteiger partial charge in [0.25, 0.3) is 0 Å². The van der Waals surface area contributed by atoms with Gasteiger partial charge in [0, 0.05) is 0 Å². The zero-order valence-corrected chi connectivity index (χ0v) is 15.4. The standard InChI is InChI=1S/C17H28N2O3.ClH/c1-6-21-14-9-8-13(10-15(14)22-7-2)16(11(3)4)19-17(20)12(5)18;/h8-12,16H,6-7,18H2,1-5H3,(H,19,20);1H/t12-,16?;/m0./s1. The van der Waals surface area contributed by atoms with Crippen LogP contribution in [0.3, 0.4) is 0 Å². The minimum Gasteiger partial charge on any atom is -0.490 e. The predicted molar refractivity (Wildman–Crippen MR) is 95.4 cm³/mol. The van der Waals surface area contributed by atoms with Crippen LogP contribution in [0.1, 0.15) is 46.2 Å². The van der Waals surface area contributed by atoms with Gasteiger partial charge in [0.05, 0.1) is 25.3 Å². The molecule has 1 aromatic carbocycles. The lowest BCUT2D eigenvalue weighted by molar-refractivity contribution is -0.123. The normalized spacial score (nSPS) is 13.0. The number of halogens is 1. The molecule has 0 aromatic heterocycles. The van der Waals surface area contributed by atoms with Crippen molar-refractivity contribution in [3.8, 4) is 11.5 Å². The summed E-state index contributed by atoms with van der Waals surface area (Å²) >= 11 is 0. The van der Waals surface area contributed by atoms with Gasteiger partial charge in [-0.25, -0.2) is 0 Å². The molecule has 2 atom stereocenters. The Morgan fingerprint density at radius 3 is 2.17 bits per heavy atom. The summed E-state index contributed by atoms with van der Waals surface area (Å²) in [6.45, 7) is 10.8. The van der Waals surface area contributed by atoms with Gasteiger partial charge in [0.1, 0.15) is 0 Å². The van der Waals surface area contributed by atoms with Crippen LogP contribution < -0.4 is 20.5 Å². The molecule has 1 amide bonds. The number of hydrogen-bond acceptors (Lipinski definition) is 4. The molecule has 5 nitrogen and oxygen atoms in total. The van der Waals surface area contributed by atoms with E-state index in [1.807, 2.05) is 32.0 Å². The Labute approximate surface area is 145 Å². The first-order chi connectivity index (χ1) is 10.4. The number of hydrogen-bond donors (Lipinski definition) is 2. The van der Waals surface area contributed by atoms with E-state index in [4.69, 9.17) is 15.2 Å². The van der Waals surface area contributed by atoms with Crippen molar-refractivity contribution >= 4 is 18.3 Å². The lowest BCUT2D eigenvalue weighted by Gasteiger charge is -2.25. The summed E-state index contributed by atoms with van der Waals surface area (Å²) in [6.07, 6.45) is 0. The summed E-state index contributed by atoms with van der Waals surface area (Å²) in [6, 6.07) is 5.13. The number of ether oxygens (including phenoxy) is 2. The molecule has 6 heteroatoms. The van der Waals surface area contributed by atoms with E-state index in [-0.39, 0.29) is 30.3 Å². The second-order valence-electron chi connectivity index (χ2n) is 5.59. The molecule has 0 aliphatic carbocycles. The lowest BCUT2D eigenvalue weighted by atomic mass is 9.95. The van der Waals surface area contributed by atoms with Gasteiger partial charge >= 0.3 is 0 Å². The first-order valence-corrected chi connectivity index (χ1v) is 7.86. The van der Waals surface area contributed by atoms with Crippen molar-refractivity contribution in [3.63, 3.8) is 0 Å². The Bertz CT molecular complexity index is 493. The molecule has 0 fully saturated rings. The first kappa shape index (κ1) is 21.5. The second kappa shape index (κ2) is 10.3. The highest BCUT2D eigenvalue weighted by Crippen LogP contribution is 2.32. The molecule has 3 N–H and O–H groups in total. The Morgan fingerprint density at radius 2 is 1.70 bits per heavy atom. The zero-order chi connectivity index (χ0) is 16.7. The van der Waals surface area contributed by atoms with E-state index in [1.54, 1.807) is 6.92 Å². The van der Waals surface area contributed by atoms with Gasteiger partial charge in [0.15, 0.2) is 11.5 Å². The summed E-state index contributed by atoms with van der Waals surface area (Å²) in [4.78, 5) is 11.9. The van der Waals surface area contributed by atoms with Gasteiger partial charge in [-0.15, -0.1) is 12.4 Å². The minimum atomic E-state index is -0.532. The molecule has 0 saturated carbocycles. The van der Waals surface area contributed by atoms with Crippen LogP contribution in [0.15, 0.2) is 18.2 Å². The molecule has 0 saturated heterocycles. The highest BCUT2D eigenvalue weighted by Gasteiger charge is 2.21. The number of benzene rings is 1. The van der Waals surface area contributed by atoms with Crippen LogP contribution in [0.5, 0.6) is 11.5 Å². The molecule has 1 rings (SSSR count). The van der Waals surface area contributed by atoms with Crippen LogP contribution in [-0.4, -0.2) is 25.2 Å². The van der Waals surface area contributed by atoms with Gasteiger partial charge in [-0.3, -0.25) is 4.79 Å². The minimum absolute atomic E-state index is 0. The van der Waals surface area contributed by atoms with Gasteiger partial charge in [-0.05, 0) is 44.4 Å². The zero-order valence-electron chi connectivity index (χ0n) is 14.6. The van der Waals surface area contributed by atoms with E-state index in [1.165, 1.54) is 0 Å². The average Bonchev–Trinajstić information content (AvgIpc) is 2.46. The van der Waals surface area contributed by atoms with Crippen molar-refractivity contribution in [2.24, 2.45) is 11.7 Å².